The van der Waals surface area contributed by atoms with Gasteiger partial charge in [-0.25, -0.2) is 4.39 Å². The van der Waals surface area contributed by atoms with E-state index in [1.54, 1.807) is 23.2 Å². The van der Waals surface area contributed by atoms with Crippen molar-refractivity contribution in [3.05, 3.63) is 47.2 Å². The minimum Gasteiger partial charge on any atom is -0.393 e. The quantitative estimate of drug-likeness (QED) is 0.180. The second kappa shape index (κ2) is 8.72. The zero-order chi connectivity index (χ0) is 20.8. The molecular formula is C17H24FN9O. The Hall–Kier alpha value is -3.81. The number of nitrogens with zero attached hydrogens (tertiary/aromatic N) is 2. The molecule has 1 aromatic heterocycles. The van der Waals surface area contributed by atoms with Gasteiger partial charge in [-0.2, -0.15) is 5.26 Å². The molecule has 0 aliphatic carbocycles. The van der Waals surface area contributed by atoms with Crippen LogP contribution in [0.2, 0.25) is 0 Å². The van der Waals surface area contributed by atoms with Crippen molar-refractivity contribution in [2.24, 2.45) is 22.9 Å². The molecule has 28 heavy (non-hydrogen) atoms. The van der Waals surface area contributed by atoms with Crippen LogP contribution in [0.15, 0.2) is 41.6 Å². The molecule has 1 fully saturated rings. The molecule has 2 unspecified atom stereocenters. The Balaban J connectivity index is 2.15. The van der Waals surface area contributed by atoms with E-state index in [2.05, 4.69) is 10.3 Å². The summed E-state index contributed by atoms with van der Waals surface area (Å²) in [4.78, 5) is 16.0. The number of rotatable bonds is 6. The molecule has 150 valence electrons. The van der Waals surface area contributed by atoms with E-state index in [0.717, 1.165) is 0 Å². The summed E-state index contributed by atoms with van der Waals surface area (Å²) in [7, 11) is 0. The van der Waals surface area contributed by atoms with Gasteiger partial charge >= 0.3 is 0 Å². The molecule has 11 heteroatoms. The average Bonchev–Trinajstić information content (AvgIpc) is 3.09. The van der Waals surface area contributed by atoms with E-state index in [1.807, 2.05) is 0 Å². The molecule has 2 atom stereocenters. The van der Waals surface area contributed by atoms with Gasteiger partial charge < -0.3 is 43.9 Å². The summed E-state index contributed by atoms with van der Waals surface area (Å²) in [6, 6.07) is 2.75. The summed E-state index contributed by atoms with van der Waals surface area (Å²) in [6.07, 6.45) is 3.43. The zero-order valence-corrected chi connectivity index (χ0v) is 15.2. The lowest BCUT2D eigenvalue weighted by atomic mass is 10.0. The minimum atomic E-state index is -1.33. The first-order valence-electron chi connectivity index (χ1n) is 8.46. The lowest BCUT2D eigenvalue weighted by molar-refractivity contribution is -0.114. The van der Waals surface area contributed by atoms with Crippen LogP contribution in [-0.4, -0.2) is 41.1 Å². The van der Waals surface area contributed by atoms with Crippen LogP contribution in [0.3, 0.4) is 0 Å². The molecule has 0 bridgehead atoms. The maximum absolute atomic E-state index is 14.8. The maximum atomic E-state index is 14.8. The minimum absolute atomic E-state index is 0.00269. The number of nitriles is 1. The molecule has 1 aliphatic heterocycles. The zero-order valence-electron chi connectivity index (χ0n) is 15.2. The predicted molar refractivity (Wildman–Crippen MR) is 104 cm³/mol. The molecule has 1 amide bonds. The number of nitrogens with one attached hydrogen (secondary N) is 2. The van der Waals surface area contributed by atoms with E-state index in [1.165, 1.54) is 12.2 Å². The van der Waals surface area contributed by atoms with Crippen molar-refractivity contribution >= 4 is 17.4 Å². The number of anilines is 1. The van der Waals surface area contributed by atoms with Crippen molar-refractivity contribution in [3.63, 3.8) is 0 Å². The number of nitrogen functional groups attached to an aromatic ring is 1. The number of H-pyrrole nitrogens is 1. The summed E-state index contributed by atoms with van der Waals surface area (Å²) >= 11 is 0. The number of likely N-dealkylation sites (tertiary alicyclic amines) is 1. The molecule has 2 heterocycles. The summed E-state index contributed by atoms with van der Waals surface area (Å²) < 4.78 is 14.8. The second-order valence-corrected chi connectivity index (χ2v) is 6.28. The van der Waals surface area contributed by atoms with E-state index >= 15 is 0 Å². The molecule has 10 nitrogen and oxygen atoms in total. The van der Waals surface area contributed by atoms with Gasteiger partial charge in [0.2, 0.25) is 0 Å². The number of allylic oxidation sites excluding steroid dienone is 3. The van der Waals surface area contributed by atoms with Crippen molar-refractivity contribution in [1.29, 1.82) is 5.26 Å². The number of aromatic amines is 1. The lowest BCUT2D eigenvalue weighted by Crippen LogP contribution is -2.51. The Bertz CT molecular complexity index is 864. The maximum Gasteiger partial charge on any atom is 0.266 e. The van der Waals surface area contributed by atoms with Gasteiger partial charge in [0.15, 0.2) is 0 Å². The monoisotopic (exact) mass is 389 g/mol. The number of amides is 1. The average molecular weight is 389 g/mol. The highest BCUT2D eigenvalue weighted by molar-refractivity contribution is 5.99. The third-order valence-electron chi connectivity index (χ3n) is 4.38. The summed E-state index contributed by atoms with van der Waals surface area (Å²) in [5, 5.41) is 11.6. The topological polar surface area (TPSA) is 202 Å². The highest BCUT2D eigenvalue weighted by atomic mass is 19.1. The van der Waals surface area contributed by atoms with Gasteiger partial charge in [-0.3, -0.25) is 4.79 Å². The first-order chi connectivity index (χ1) is 13.2. The molecule has 0 spiro atoms. The predicted octanol–water partition coefficient (Wildman–Crippen LogP) is -1.12. The first-order valence-corrected chi connectivity index (χ1v) is 8.46. The number of carbonyl (C=O) groups excluding carboxylic acids is 1. The lowest BCUT2D eigenvalue weighted by Gasteiger charge is -2.37. The van der Waals surface area contributed by atoms with Gasteiger partial charge in [-0.1, -0.05) is 0 Å². The smallest absolute Gasteiger partial charge is 0.266 e. The standard InChI is InChI=1S/C17H24FN9O/c18-11-8-27(13(21)2-1-9(20)7-19)6-4-12(11)26-15(14(22)17(24)28)10-3-5-25-16(10)23/h1-3,5,11-12,25-26H,4,6,8,20-23H2,(H2,24,28)/b9-1-,13-2+,15-14+. The summed E-state index contributed by atoms with van der Waals surface area (Å²) in [5.74, 6) is -0.278. The highest BCUT2D eigenvalue weighted by Crippen LogP contribution is 2.24. The Labute approximate surface area is 161 Å². The number of carbonyl (C=O) groups is 1. The van der Waals surface area contributed by atoms with Crippen molar-refractivity contribution in [2.75, 3.05) is 18.8 Å². The number of nitrogens with two attached hydrogens (primary N) is 5. The van der Waals surface area contributed by atoms with E-state index in [9.17, 15) is 9.18 Å². The molecule has 12 N–H and O–H groups in total. The van der Waals surface area contributed by atoms with Gasteiger partial charge in [0.05, 0.1) is 24.1 Å². The third-order valence-corrected chi connectivity index (χ3v) is 4.38. The van der Waals surface area contributed by atoms with Crippen LogP contribution in [0.4, 0.5) is 10.2 Å². The van der Waals surface area contributed by atoms with Crippen molar-refractivity contribution < 1.29 is 9.18 Å². The number of primary amides is 1. The molecule has 1 aromatic rings. The van der Waals surface area contributed by atoms with Crippen LogP contribution >= 0.6 is 0 Å². The van der Waals surface area contributed by atoms with Crippen molar-refractivity contribution in [2.45, 2.75) is 18.6 Å². The van der Waals surface area contributed by atoms with Gasteiger partial charge in [-0.15, -0.1) is 0 Å². The molecule has 1 saturated heterocycles. The summed E-state index contributed by atoms with van der Waals surface area (Å²) in [5.41, 5.74) is 28.6. The summed E-state index contributed by atoms with van der Waals surface area (Å²) in [6.45, 7) is 0.444. The van der Waals surface area contributed by atoms with Crippen LogP contribution in [0.25, 0.3) is 5.70 Å². The van der Waals surface area contributed by atoms with E-state index in [-0.39, 0.29) is 29.5 Å². The van der Waals surface area contributed by atoms with Gasteiger partial charge in [0.25, 0.3) is 5.91 Å². The Morgan fingerprint density at radius 2 is 2.07 bits per heavy atom. The van der Waals surface area contributed by atoms with Crippen molar-refractivity contribution in [1.82, 2.24) is 15.2 Å². The molecule has 1 aliphatic rings. The Morgan fingerprint density at radius 1 is 1.36 bits per heavy atom. The van der Waals surface area contributed by atoms with Crippen LogP contribution in [0.1, 0.15) is 12.0 Å². The molecule has 0 radical (unpaired) electrons. The fraction of sp³-hybridized carbons (Fsp3) is 0.294. The SMILES string of the molecule is N#C/C(N)=C/C=C(\N)N1CCC(N/C(=C(/N)C(N)=O)c2cc[nH]c2N)C(F)C1. The molecule has 0 aromatic carbocycles. The van der Waals surface area contributed by atoms with Gasteiger partial charge in [0, 0.05) is 18.3 Å². The van der Waals surface area contributed by atoms with Crippen LogP contribution < -0.4 is 34.0 Å². The number of hydrogen-bond donors (Lipinski definition) is 7. The molecule has 2 rings (SSSR count). The van der Waals surface area contributed by atoms with Crippen molar-refractivity contribution in [3.8, 4) is 6.07 Å². The Morgan fingerprint density at radius 3 is 2.61 bits per heavy atom. The van der Waals surface area contributed by atoms with Gasteiger partial charge in [0.1, 0.15) is 29.5 Å². The normalized spacial score (nSPS) is 21.6. The van der Waals surface area contributed by atoms with Gasteiger partial charge in [-0.05, 0) is 24.6 Å². The molecular weight excluding hydrogens is 365 g/mol. The highest BCUT2D eigenvalue weighted by Gasteiger charge is 2.31. The number of aromatic nitrogens is 1. The van der Waals surface area contributed by atoms with E-state index in [4.69, 9.17) is 33.9 Å². The van der Waals surface area contributed by atoms with E-state index in [0.29, 0.717) is 24.4 Å². The largest absolute Gasteiger partial charge is 0.393 e. The number of halogens is 1. The third kappa shape index (κ3) is 4.67. The number of hydrogen-bond acceptors (Lipinski definition) is 8. The fourth-order valence-electron chi connectivity index (χ4n) is 2.83. The van der Waals surface area contributed by atoms with Crippen LogP contribution in [-0.2, 0) is 4.79 Å². The fourth-order valence-corrected chi connectivity index (χ4v) is 2.83. The van der Waals surface area contributed by atoms with Crippen LogP contribution in [0, 0.1) is 11.3 Å². The Kier molecular flexibility index (Phi) is 6.38. The van der Waals surface area contributed by atoms with Crippen LogP contribution in [0.5, 0.6) is 0 Å². The second-order valence-electron chi connectivity index (χ2n) is 6.28. The number of alkyl halides is 1. The first kappa shape index (κ1) is 20.5. The number of piperidine rings is 1. The molecule has 0 saturated carbocycles. The van der Waals surface area contributed by atoms with E-state index < -0.39 is 18.1 Å².